The van der Waals surface area contributed by atoms with E-state index in [9.17, 15) is 4.79 Å². The number of hydrogen-bond donors (Lipinski definition) is 1. The van der Waals surface area contributed by atoms with E-state index in [0.717, 1.165) is 13.0 Å². The van der Waals surface area contributed by atoms with Crippen LogP contribution < -0.4 is 10.1 Å². The Bertz CT molecular complexity index is 430. The molecule has 6 heteroatoms. The number of methoxy groups -OCH3 is 1. The summed E-state index contributed by atoms with van der Waals surface area (Å²) in [5.41, 5.74) is 0. The van der Waals surface area contributed by atoms with Crippen LogP contribution in [-0.4, -0.2) is 37.4 Å². The molecule has 2 atom stereocenters. The van der Waals surface area contributed by atoms with Crippen LogP contribution in [0.3, 0.4) is 0 Å². The third-order valence-corrected chi connectivity index (χ3v) is 3.37. The predicted octanol–water partition coefficient (Wildman–Crippen LogP) is 1.47. The van der Waals surface area contributed by atoms with E-state index >= 15 is 0 Å². The van der Waals surface area contributed by atoms with E-state index in [-0.39, 0.29) is 17.8 Å². The summed E-state index contributed by atoms with van der Waals surface area (Å²) in [5.74, 6) is 1.00. The highest BCUT2D eigenvalue weighted by atomic mass is 16.5. The number of carbonyl (C=O) groups is 1. The molecule has 106 valence electrons. The van der Waals surface area contributed by atoms with E-state index in [0.29, 0.717) is 24.3 Å². The van der Waals surface area contributed by atoms with Gasteiger partial charge >= 0.3 is 0 Å². The lowest BCUT2D eigenvalue weighted by molar-refractivity contribution is 0.0531. The van der Waals surface area contributed by atoms with Crippen LogP contribution in [0.2, 0.25) is 0 Å². The highest BCUT2D eigenvalue weighted by Gasteiger charge is 2.31. The molecule has 2 rings (SSSR count). The highest BCUT2D eigenvalue weighted by Crippen LogP contribution is 2.26. The van der Waals surface area contributed by atoms with Crippen LogP contribution >= 0.6 is 0 Å². The van der Waals surface area contributed by atoms with Crippen molar-refractivity contribution in [2.45, 2.75) is 26.4 Å². The second-order valence-electron chi connectivity index (χ2n) is 5.07. The smallest absolute Gasteiger partial charge is 0.290 e. The first-order valence-corrected chi connectivity index (χ1v) is 6.52. The van der Waals surface area contributed by atoms with Gasteiger partial charge in [-0.05, 0) is 17.5 Å². The molecule has 1 fully saturated rings. The van der Waals surface area contributed by atoms with Gasteiger partial charge in [-0.3, -0.25) is 4.79 Å². The fourth-order valence-corrected chi connectivity index (χ4v) is 2.38. The lowest BCUT2D eigenvalue weighted by Gasteiger charge is -2.21. The molecule has 0 aliphatic carbocycles. The van der Waals surface area contributed by atoms with Crippen molar-refractivity contribution in [1.82, 2.24) is 10.5 Å². The zero-order chi connectivity index (χ0) is 13.8. The quantitative estimate of drug-likeness (QED) is 0.875. The molecule has 0 saturated carbocycles. The Morgan fingerprint density at radius 1 is 1.63 bits per heavy atom. The van der Waals surface area contributed by atoms with Crippen molar-refractivity contribution in [3.05, 3.63) is 11.8 Å². The Labute approximate surface area is 112 Å². The van der Waals surface area contributed by atoms with E-state index in [1.165, 1.54) is 13.2 Å². The third kappa shape index (κ3) is 3.26. The SMILES string of the molecule is COc1cc(C(=O)NCC2CCOC2C(C)C)on1. The van der Waals surface area contributed by atoms with E-state index in [1.54, 1.807) is 0 Å². The van der Waals surface area contributed by atoms with Crippen molar-refractivity contribution < 1.29 is 18.8 Å². The maximum atomic E-state index is 11.9. The normalized spacial score (nSPS) is 22.7. The summed E-state index contributed by atoms with van der Waals surface area (Å²) in [5, 5.41) is 6.45. The van der Waals surface area contributed by atoms with E-state index in [2.05, 4.69) is 24.3 Å². The summed E-state index contributed by atoms with van der Waals surface area (Å²) >= 11 is 0. The fraction of sp³-hybridized carbons (Fsp3) is 0.692. The molecule has 0 aromatic carbocycles. The van der Waals surface area contributed by atoms with Crippen LogP contribution in [0.1, 0.15) is 30.8 Å². The summed E-state index contributed by atoms with van der Waals surface area (Å²) in [4.78, 5) is 11.9. The van der Waals surface area contributed by atoms with E-state index < -0.39 is 0 Å². The number of hydrogen-bond acceptors (Lipinski definition) is 5. The summed E-state index contributed by atoms with van der Waals surface area (Å²) in [6, 6.07) is 1.47. The number of rotatable bonds is 5. The number of ether oxygens (including phenoxy) is 2. The molecule has 0 radical (unpaired) electrons. The number of carbonyl (C=O) groups excluding carboxylic acids is 1. The highest BCUT2D eigenvalue weighted by molar-refractivity contribution is 5.91. The molecular formula is C13H20N2O4. The summed E-state index contributed by atoms with van der Waals surface area (Å²) in [6.07, 6.45) is 1.19. The fourth-order valence-electron chi connectivity index (χ4n) is 2.38. The molecule has 0 spiro atoms. The minimum Gasteiger partial charge on any atom is -0.479 e. The summed E-state index contributed by atoms with van der Waals surface area (Å²) in [7, 11) is 1.47. The van der Waals surface area contributed by atoms with Gasteiger partial charge in [0.2, 0.25) is 5.76 Å². The predicted molar refractivity (Wildman–Crippen MR) is 68.1 cm³/mol. The first-order chi connectivity index (χ1) is 9.11. The maximum absolute atomic E-state index is 11.9. The zero-order valence-electron chi connectivity index (χ0n) is 11.5. The second kappa shape index (κ2) is 6.06. The molecule has 1 N–H and O–H groups in total. The lowest BCUT2D eigenvalue weighted by atomic mass is 9.93. The van der Waals surface area contributed by atoms with Gasteiger partial charge in [-0.15, -0.1) is 0 Å². The molecule has 1 aliphatic heterocycles. The molecule has 2 unspecified atom stereocenters. The molecule has 1 aromatic heterocycles. The van der Waals surface area contributed by atoms with Gasteiger partial charge in [0.05, 0.1) is 19.3 Å². The van der Waals surface area contributed by atoms with Gasteiger partial charge in [-0.2, -0.15) is 0 Å². The van der Waals surface area contributed by atoms with Gasteiger partial charge in [0, 0.05) is 19.1 Å². The van der Waals surface area contributed by atoms with Crippen molar-refractivity contribution in [2.75, 3.05) is 20.3 Å². The van der Waals surface area contributed by atoms with Gasteiger partial charge in [0.15, 0.2) is 0 Å². The van der Waals surface area contributed by atoms with E-state index in [1.807, 2.05) is 0 Å². The summed E-state index contributed by atoms with van der Waals surface area (Å²) < 4.78 is 15.4. The second-order valence-corrected chi connectivity index (χ2v) is 5.07. The number of amides is 1. The van der Waals surface area contributed by atoms with E-state index in [4.69, 9.17) is 14.0 Å². The van der Waals surface area contributed by atoms with Crippen LogP contribution in [0.5, 0.6) is 5.88 Å². The van der Waals surface area contributed by atoms with Crippen molar-refractivity contribution >= 4 is 5.91 Å². The Morgan fingerprint density at radius 3 is 3.05 bits per heavy atom. The number of aromatic nitrogens is 1. The zero-order valence-corrected chi connectivity index (χ0v) is 11.5. The Morgan fingerprint density at radius 2 is 2.42 bits per heavy atom. The number of nitrogens with one attached hydrogen (secondary N) is 1. The van der Waals surface area contributed by atoms with Gasteiger partial charge in [0.25, 0.3) is 11.8 Å². The average molecular weight is 268 g/mol. The Hall–Kier alpha value is -1.56. The molecule has 1 saturated heterocycles. The van der Waals surface area contributed by atoms with Gasteiger partial charge < -0.3 is 19.3 Å². The van der Waals surface area contributed by atoms with Crippen LogP contribution in [0.15, 0.2) is 10.6 Å². The molecular weight excluding hydrogens is 248 g/mol. The van der Waals surface area contributed by atoms with Crippen LogP contribution in [0.4, 0.5) is 0 Å². The van der Waals surface area contributed by atoms with Gasteiger partial charge in [0.1, 0.15) is 0 Å². The molecule has 1 aliphatic rings. The van der Waals surface area contributed by atoms with Crippen LogP contribution in [0, 0.1) is 11.8 Å². The molecule has 0 bridgehead atoms. The van der Waals surface area contributed by atoms with Crippen LogP contribution in [0.25, 0.3) is 0 Å². The first-order valence-electron chi connectivity index (χ1n) is 6.52. The van der Waals surface area contributed by atoms with Crippen molar-refractivity contribution in [1.29, 1.82) is 0 Å². The monoisotopic (exact) mass is 268 g/mol. The largest absolute Gasteiger partial charge is 0.479 e. The first kappa shape index (κ1) is 13.9. The molecule has 1 aromatic rings. The van der Waals surface area contributed by atoms with Gasteiger partial charge in [-0.25, -0.2) is 0 Å². The summed E-state index contributed by atoms with van der Waals surface area (Å²) in [6.45, 7) is 5.61. The van der Waals surface area contributed by atoms with Gasteiger partial charge in [-0.1, -0.05) is 13.8 Å². The Balaban J connectivity index is 1.86. The third-order valence-electron chi connectivity index (χ3n) is 3.37. The molecule has 2 heterocycles. The minimum absolute atomic E-state index is 0.164. The van der Waals surface area contributed by atoms with Crippen molar-refractivity contribution in [3.8, 4) is 5.88 Å². The maximum Gasteiger partial charge on any atom is 0.290 e. The minimum atomic E-state index is -0.273. The number of nitrogens with zero attached hydrogens (tertiary/aromatic N) is 1. The molecule has 19 heavy (non-hydrogen) atoms. The van der Waals surface area contributed by atoms with Crippen LogP contribution in [-0.2, 0) is 4.74 Å². The van der Waals surface area contributed by atoms with Crippen molar-refractivity contribution in [2.24, 2.45) is 11.8 Å². The molecule has 1 amide bonds. The average Bonchev–Trinajstić information content (AvgIpc) is 3.04. The Kier molecular flexibility index (Phi) is 4.42. The topological polar surface area (TPSA) is 73.6 Å². The lowest BCUT2D eigenvalue weighted by Crippen LogP contribution is -2.34. The van der Waals surface area contributed by atoms with Crippen molar-refractivity contribution in [3.63, 3.8) is 0 Å². The molecule has 6 nitrogen and oxygen atoms in total. The standard InChI is InChI=1S/C13H20N2O4/c1-8(2)12-9(4-5-18-12)7-14-13(16)10-6-11(17-3)15-19-10/h6,8-9,12H,4-5,7H2,1-3H3,(H,14,16).